The summed E-state index contributed by atoms with van der Waals surface area (Å²) in [4.78, 5) is 14.2. The second-order valence-corrected chi connectivity index (χ2v) is 6.88. The molecule has 20 heavy (non-hydrogen) atoms. The number of nitrogens with zero attached hydrogens (tertiary/aromatic N) is 1. The van der Waals surface area contributed by atoms with E-state index in [1.54, 1.807) is 0 Å². The largest absolute Gasteiger partial charge is 0.326 e. The highest BCUT2D eigenvalue weighted by molar-refractivity contribution is 9.10. The summed E-state index contributed by atoms with van der Waals surface area (Å²) >= 11 is 3.58. The molecule has 110 valence electrons. The van der Waals surface area contributed by atoms with Crippen LogP contribution in [0.15, 0.2) is 16.6 Å². The normalized spacial score (nSPS) is 20.9. The van der Waals surface area contributed by atoms with Crippen LogP contribution in [0.5, 0.6) is 0 Å². The first-order chi connectivity index (χ1) is 9.32. The number of aryl methyl sites for hydroxylation is 2. The van der Waals surface area contributed by atoms with E-state index in [9.17, 15) is 4.79 Å². The van der Waals surface area contributed by atoms with Crippen molar-refractivity contribution in [3.8, 4) is 0 Å². The molecular weight excluding hydrogens is 316 g/mol. The summed E-state index contributed by atoms with van der Waals surface area (Å²) in [6.45, 7) is 8.34. The maximum absolute atomic E-state index is 12.3. The molecule has 1 aromatic carbocycles. The lowest BCUT2D eigenvalue weighted by Gasteiger charge is -2.32. The van der Waals surface area contributed by atoms with Crippen LogP contribution in [-0.4, -0.2) is 18.0 Å². The van der Waals surface area contributed by atoms with Crippen LogP contribution in [0.4, 0.5) is 5.69 Å². The average molecular weight is 339 g/mol. The van der Waals surface area contributed by atoms with Crippen molar-refractivity contribution in [2.75, 3.05) is 4.90 Å². The standard InChI is InChI=1S/C16H23BrN2O/c1-9(2)16(18)13-5-6-14(20)19(13)12-7-10(3)15(17)11(4)8-12/h7-9,13,16H,5-6,18H2,1-4H3/t13-,16?/m1/s1. The lowest BCUT2D eigenvalue weighted by Crippen LogP contribution is -2.48. The molecule has 1 aliphatic heterocycles. The minimum Gasteiger partial charge on any atom is -0.326 e. The maximum atomic E-state index is 12.3. The van der Waals surface area contributed by atoms with E-state index >= 15 is 0 Å². The smallest absolute Gasteiger partial charge is 0.227 e. The number of carbonyl (C=O) groups is 1. The molecule has 3 nitrogen and oxygen atoms in total. The highest BCUT2D eigenvalue weighted by atomic mass is 79.9. The Kier molecular flexibility index (Phi) is 4.55. The fraction of sp³-hybridized carbons (Fsp3) is 0.562. The molecule has 1 aromatic rings. The number of amides is 1. The number of nitrogens with two attached hydrogens (primary N) is 1. The molecule has 1 amide bonds. The summed E-state index contributed by atoms with van der Waals surface area (Å²) in [5.74, 6) is 0.554. The van der Waals surface area contributed by atoms with Crippen molar-refractivity contribution in [1.82, 2.24) is 0 Å². The van der Waals surface area contributed by atoms with Gasteiger partial charge in [0.25, 0.3) is 0 Å². The van der Waals surface area contributed by atoms with Gasteiger partial charge >= 0.3 is 0 Å². The Morgan fingerprint density at radius 2 is 1.85 bits per heavy atom. The monoisotopic (exact) mass is 338 g/mol. The van der Waals surface area contributed by atoms with Crippen molar-refractivity contribution in [3.05, 3.63) is 27.7 Å². The average Bonchev–Trinajstić information content (AvgIpc) is 2.76. The number of rotatable bonds is 3. The van der Waals surface area contributed by atoms with Crippen molar-refractivity contribution in [2.45, 2.75) is 52.6 Å². The second-order valence-electron chi connectivity index (χ2n) is 6.08. The third-order valence-electron chi connectivity index (χ3n) is 4.17. The van der Waals surface area contributed by atoms with Gasteiger partial charge in [-0.2, -0.15) is 0 Å². The van der Waals surface area contributed by atoms with Gasteiger partial charge in [-0.3, -0.25) is 4.79 Å². The van der Waals surface area contributed by atoms with Crippen molar-refractivity contribution in [3.63, 3.8) is 0 Å². The van der Waals surface area contributed by atoms with E-state index in [1.165, 1.54) is 0 Å². The Morgan fingerprint density at radius 3 is 2.35 bits per heavy atom. The third kappa shape index (κ3) is 2.77. The van der Waals surface area contributed by atoms with Crippen LogP contribution in [0, 0.1) is 19.8 Å². The molecule has 0 spiro atoms. The van der Waals surface area contributed by atoms with Gasteiger partial charge in [0.15, 0.2) is 0 Å². The molecule has 0 saturated carbocycles. The molecule has 0 radical (unpaired) electrons. The second kappa shape index (κ2) is 5.86. The zero-order valence-electron chi connectivity index (χ0n) is 12.6. The molecule has 1 heterocycles. The number of hydrogen-bond acceptors (Lipinski definition) is 2. The van der Waals surface area contributed by atoms with Gasteiger partial charge < -0.3 is 10.6 Å². The van der Waals surface area contributed by atoms with Gasteiger partial charge in [-0.1, -0.05) is 29.8 Å². The Hall–Kier alpha value is -0.870. The van der Waals surface area contributed by atoms with Crippen LogP contribution >= 0.6 is 15.9 Å². The predicted octanol–water partition coefficient (Wildman–Crippen LogP) is 3.54. The molecule has 1 aliphatic rings. The molecule has 0 aliphatic carbocycles. The quantitative estimate of drug-likeness (QED) is 0.915. The van der Waals surface area contributed by atoms with E-state index in [-0.39, 0.29) is 18.0 Å². The molecule has 2 atom stereocenters. The number of benzene rings is 1. The molecule has 2 rings (SSSR count). The Labute approximate surface area is 129 Å². The van der Waals surface area contributed by atoms with Crippen LogP contribution in [0.25, 0.3) is 0 Å². The van der Waals surface area contributed by atoms with E-state index in [4.69, 9.17) is 5.73 Å². The van der Waals surface area contributed by atoms with Gasteiger partial charge in [0.2, 0.25) is 5.91 Å². The zero-order chi connectivity index (χ0) is 15.0. The lowest BCUT2D eigenvalue weighted by molar-refractivity contribution is -0.117. The van der Waals surface area contributed by atoms with Crippen LogP contribution in [0.1, 0.15) is 37.8 Å². The van der Waals surface area contributed by atoms with Crippen molar-refractivity contribution in [2.24, 2.45) is 11.7 Å². The molecule has 2 N–H and O–H groups in total. The van der Waals surface area contributed by atoms with Gasteiger partial charge in [-0.25, -0.2) is 0 Å². The van der Waals surface area contributed by atoms with Crippen molar-refractivity contribution >= 4 is 27.5 Å². The fourth-order valence-electron chi connectivity index (χ4n) is 2.91. The summed E-state index contributed by atoms with van der Waals surface area (Å²) in [5, 5.41) is 0. The SMILES string of the molecule is Cc1cc(N2C(=O)CC[C@@H]2C(N)C(C)C)cc(C)c1Br. The highest BCUT2D eigenvalue weighted by Crippen LogP contribution is 2.33. The maximum Gasteiger partial charge on any atom is 0.227 e. The molecule has 4 heteroatoms. The van der Waals surface area contributed by atoms with E-state index in [2.05, 4.69) is 55.8 Å². The van der Waals surface area contributed by atoms with Crippen LogP contribution < -0.4 is 10.6 Å². The topological polar surface area (TPSA) is 46.3 Å². The van der Waals surface area contributed by atoms with Crippen molar-refractivity contribution < 1.29 is 4.79 Å². The highest BCUT2D eigenvalue weighted by Gasteiger charge is 2.37. The predicted molar refractivity (Wildman–Crippen MR) is 86.9 cm³/mol. The first-order valence-electron chi connectivity index (χ1n) is 7.17. The number of halogens is 1. The summed E-state index contributed by atoms with van der Waals surface area (Å²) in [7, 11) is 0. The number of hydrogen-bond donors (Lipinski definition) is 1. The van der Waals surface area contributed by atoms with E-state index in [1.807, 2.05) is 4.90 Å². The Balaban J connectivity index is 2.40. The molecule has 0 aromatic heterocycles. The Morgan fingerprint density at radius 1 is 1.30 bits per heavy atom. The molecular formula is C16H23BrN2O. The van der Waals surface area contributed by atoms with Gasteiger partial charge in [0.05, 0.1) is 6.04 Å². The third-order valence-corrected chi connectivity index (χ3v) is 5.42. The van der Waals surface area contributed by atoms with Gasteiger partial charge in [-0.05, 0) is 49.4 Å². The van der Waals surface area contributed by atoms with E-state index in [0.717, 1.165) is 27.7 Å². The van der Waals surface area contributed by atoms with Gasteiger partial charge in [-0.15, -0.1) is 0 Å². The van der Waals surface area contributed by atoms with Crippen molar-refractivity contribution in [1.29, 1.82) is 0 Å². The summed E-state index contributed by atoms with van der Waals surface area (Å²) in [6, 6.07) is 4.27. The summed E-state index contributed by atoms with van der Waals surface area (Å²) < 4.78 is 1.11. The lowest BCUT2D eigenvalue weighted by atomic mass is 9.95. The molecule has 1 fully saturated rings. The number of anilines is 1. The molecule has 1 saturated heterocycles. The zero-order valence-corrected chi connectivity index (χ0v) is 14.2. The van der Waals surface area contributed by atoms with Gasteiger partial charge in [0.1, 0.15) is 0 Å². The van der Waals surface area contributed by atoms with Crippen LogP contribution in [0.2, 0.25) is 0 Å². The Bertz CT molecular complexity index is 504. The number of carbonyl (C=O) groups excluding carboxylic acids is 1. The fourth-order valence-corrected chi connectivity index (χ4v) is 3.14. The minimum atomic E-state index is 0.0192. The summed E-state index contributed by atoms with van der Waals surface area (Å²) in [5.41, 5.74) is 9.59. The molecule has 0 bridgehead atoms. The van der Waals surface area contributed by atoms with Crippen LogP contribution in [-0.2, 0) is 4.79 Å². The molecule has 1 unspecified atom stereocenters. The first-order valence-corrected chi connectivity index (χ1v) is 7.96. The van der Waals surface area contributed by atoms with Gasteiger partial charge in [0, 0.05) is 22.6 Å². The minimum absolute atomic E-state index is 0.0192. The van der Waals surface area contributed by atoms with Crippen LogP contribution in [0.3, 0.4) is 0 Å². The van der Waals surface area contributed by atoms with E-state index < -0.39 is 0 Å². The first kappa shape index (κ1) is 15.5. The summed E-state index contributed by atoms with van der Waals surface area (Å²) in [6.07, 6.45) is 1.45. The van der Waals surface area contributed by atoms with E-state index in [0.29, 0.717) is 12.3 Å².